The molecular weight excluding hydrogens is 66.0 g/mol. The fraction of sp³-hybridized carbons (Fsp3) is 1.00. The zero-order valence-corrected chi connectivity index (χ0v) is 3.50. The third kappa shape index (κ3) is 3.88. The second kappa shape index (κ2) is 3.88. The van der Waals surface area contributed by atoms with Crippen LogP contribution in [0.1, 0.15) is 0 Å². The molecule has 0 aliphatic rings. The first-order chi connectivity index (χ1) is 2.41. The van der Waals surface area contributed by atoms with Crippen molar-refractivity contribution in [3.63, 3.8) is 0 Å². The molecule has 0 aliphatic heterocycles. The molecule has 3 heteroatoms. The molecule has 0 aromatic rings. The molecule has 0 aromatic heterocycles. The molecule has 0 aromatic carbocycles. The van der Waals surface area contributed by atoms with E-state index in [1.165, 1.54) is 0 Å². The van der Waals surface area contributed by atoms with E-state index in [1.807, 2.05) is 0 Å². The number of hydrogen-bond acceptors (Lipinski definition) is 3. The molecule has 0 rings (SSSR count). The summed E-state index contributed by atoms with van der Waals surface area (Å²) < 4.78 is 0. The van der Waals surface area contributed by atoms with E-state index in [9.17, 15) is 0 Å². The SMILES string of the molecule is CNNNC. The highest BCUT2D eigenvalue weighted by atomic mass is 15.6. The van der Waals surface area contributed by atoms with Gasteiger partial charge in [0, 0.05) is 0 Å². The number of nitrogens with one attached hydrogen (secondary N) is 3. The van der Waals surface area contributed by atoms with Gasteiger partial charge < -0.3 is 0 Å². The van der Waals surface area contributed by atoms with Crippen LogP contribution in [0.4, 0.5) is 0 Å². The highest BCUT2D eigenvalue weighted by Crippen LogP contribution is 1.13. The third-order valence-corrected chi connectivity index (χ3v) is 0.250. The Labute approximate surface area is 31.7 Å². The molecular formula is C2H9N3. The molecule has 0 radical (unpaired) electrons. The molecule has 0 amide bonds. The van der Waals surface area contributed by atoms with Gasteiger partial charge in [0.05, 0.1) is 0 Å². The second-order valence-corrected chi connectivity index (χ2v) is 0.625. The number of hydrazine groups is 2. The average molecular weight is 75.1 g/mol. The summed E-state index contributed by atoms with van der Waals surface area (Å²) in [7, 11) is 3.58. The molecule has 0 heterocycles. The zero-order chi connectivity index (χ0) is 4.12. The smallest absolute Gasteiger partial charge is 0.000159 e. The molecule has 0 unspecified atom stereocenters. The lowest BCUT2D eigenvalue weighted by atomic mass is 11.4. The highest BCUT2D eigenvalue weighted by Gasteiger charge is 1.55. The first-order valence-corrected chi connectivity index (χ1v) is 1.50. The quantitative estimate of drug-likeness (QED) is 0.362. The molecule has 5 heavy (non-hydrogen) atoms. The second-order valence-electron chi connectivity index (χ2n) is 0.625. The van der Waals surface area contributed by atoms with Crippen LogP contribution in [0.3, 0.4) is 0 Å². The van der Waals surface area contributed by atoms with Gasteiger partial charge >= 0.3 is 0 Å². The summed E-state index contributed by atoms with van der Waals surface area (Å²) in [5, 5.41) is 0. The van der Waals surface area contributed by atoms with Crippen LogP contribution in [0.2, 0.25) is 0 Å². The van der Waals surface area contributed by atoms with Crippen LogP contribution in [0.25, 0.3) is 0 Å². The lowest BCUT2D eigenvalue weighted by Crippen LogP contribution is -2.37. The summed E-state index contributed by atoms with van der Waals surface area (Å²) in [6.45, 7) is 0. The van der Waals surface area contributed by atoms with Crippen LogP contribution >= 0.6 is 0 Å². The largest absolute Gasteiger partial charge is 0.247 e. The molecule has 0 saturated carbocycles. The summed E-state index contributed by atoms with van der Waals surface area (Å²) in [6.07, 6.45) is 0. The summed E-state index contributed by atoms with van der Waals surface area (Å²) >= 11 is 0. The van der Waals surface area contributed by atoms with Crippen molar-refractivity contribution >= 4 is 0 Å². The van der Waals surface area contributed by atoms with E-state index in [0.29, 0.717) is 0 Å². The minimum absolute atomic E-state index is 1.79. The van der Waals surface area contributed by atoms with E-state index >= 15 is 0 Å². The van der Waals surface area contributed by atoms with E-state index in [4.69, 9.17) is 0 Å². The molecule has 0 bridgehead atoms. The summed E-state index contributed by atoms with van der Waals surface area (Å²) in [5.41, 5.74) is 7.92. The van der Waals surface area contributed by atoms with Crippen molar-refractivity contribution in [2.24, 2.45) is 0 Å². The van der Waals surface area contributed by atoms with Crippen molar-refractivity contribution < 1.29 is 0 Å². The lowest BCUT2D eigenvalue weighted by Gasteiger charge is -1.92. The van der Waals surface area contributed by atoms with Crippen LogP contribution < -0.4 is 16.4 Å². The van der Waals surface area contributed by atoms with Crippen molar-refractivity contribution in [2.45, 2.75) is 0 Å². The Bertz CT molecular complexity index is 12.4. The van der Waals surface area contributed by atoms with Crippen molar-refractivity contribution in [3.05, 3.63) is 0 Å². The fourth-order valence-corrected chi connectivity index (χ4v) is 0.125. The van der Waals surface area contributed by atoms with Gasteiger partial charge in [-0.05, 0) is 14.1 Å². The standard InChI is InChI=1S/C2H9N3/c1-3-5-4-2/h3-5H,1-2H3. The Hall–Kier alpha value is -0.120. The predicted molar refractivity (Wildman–Crippen MR) is 21.3 cm³/mol. The molecule has 3 N–H and O–H groups in total. The highest BCUT2D eigenvalue weighted by molar-refractivity contribution is 4.03. The summed E-state index contributed by atoms with van der Waals surface area (Å²) in [5.74, 6) is 0. The molecule has 0 aliphatic carbocycles. The average Bonchev–Trinajstić information content (AvgIpc) is 1.41. The van der Waals surface area contributed by atoms with Crippen molar-refractivity contribution in [3.8, 4) is 0 Å². The van der Waals surface area contributed by atoms with Crippen LogP contribution in [0.15, 0.2) is 0 Å². The van der Waals surface area contributed by atoms with Crippen molar-refractivity contribution in [1.29, 1.82) is 0 Å². The third-order valence-electron chi connectivity index (χ3n) is 0.250. The molecule has 0 fully saturated rings. The fourth-order valence-electron chi connectivity index (χ4n) is 0.125. The van der Waals surface area contributed by atoms with Crippen LogP contribution in [0.5, 0.6) is 0 Å². The molecule has 32 valence electrons. The Morgan fingerprint density at radius 2 is 1.40 bits per heavy atom. The van der Waals surface area contributed by atoms with Gasteiger partial charge in [0.15, 0.2) is 0 Å². The number of hydrogen-bond donors (Lipinski definition) is 3. The van der Waals surface area contributed by atoms with Crippen molar-refractivity contribution in [1.82, 2.24) is 16.4 Å². The van der Waals surface area contributed by atoms with Gasteiger partial charge in [-0.15, -0.1) is 0 Å². The molecule has 0 saturated heterocycles. The van der Waals surface area contributed by atoms with Gasteiger partial charge in [0.2, 0.25) is 0 Å². The van der Waals surface area contributed by atoms with Gasteiger partial charge in [-0.3, -0.25) is 0 Å². The minimum Gasteiger partial charge on any atom is -0.247 e. The van der Waals surface area contributed by atoms with Gasteiger partial charge in [-0.25, -0.2) is 10.9 Å². The van der Waals surface area contributed by atoms with Gasteiger partial charge in [-0.2, -0.15) is 5.53 Å². The molecule has 3 nitrogen and oxygen atoms in total. The van der Waals surface area contributed by atoms with Gasteiger partial charge in [-0.1, -0.05) is 0 Å². The van der Waals surface area contributed by atoms with E-state index < -0.39 is 0 Å². The maximum Gasteiger partial charge on any atom is -0.000159 e. The van der Waals surface area contributed by atoms with Crippen LogP contribution in [-0.2, 0) is 0 Å². The summed E-state index contributed by atoms with van der Waals surface area (Å²) in [4.78, 5) is 0. The first-order valence-electron chi connectivity index (χ1n) is 1.50. The maximum absolute atomic E-state index is 2.66. The lowest BCUT2D eigenvalue weighted by molar-refractivity contribution is 0.518. The Balaban J connectivity index is 2.19. The Morgan fingerprint density at radius 1 is 1.00 bits per heavy atom. The molecule has 0 spiro atoms. The Morgan fingerprint density at radius 3 is 1.40 bits per heavy atom. The summed E-state index contributed by atoms with van der Waals surface area (Å²) in [6, 6.07) is 0. The number of rotatable bonds is 2. The topological polar surface area (TPSA) is 36.1 Å². The van der Waals surface area contributed by atoms with Crippen molar-refractivity contribution in [2.75, 3.05) is 14.1 Å². The monoisotopic (exact) mass is 75.1 g/mol. The molecule has 0 atom stereocenters. The van der Waals surface area contributed by atoms with E-state index in [1.54, 1.807) is 14.1 Å². The van der Waals surface area contributed by atoms with E-state index in [0.717, 1.165) is 0 Å². The van der Waals surface area contributed by atoms with Gasteiger partial charge in [0.1, 0.15) is 0 Å². The Kier molecular flexibility index (Phi) is 3.79. The van der Waals surface area contributed by atoms with E-state index in [-0.39, 0.29) is 0 Å². The zero-order valence-electron chi connectivity index (χ0n) is 3.50. The predicted octanol–water partition coefficient (Wildman–Crippen LogP) is -1.16. The van der Waals surface area contributed by atoms with Crippen LogP contribution in [0, 0.1) is 0 Å². The van der Waals surface area contributed by atoms with Gasteiger partial charge in [0.25, 0.3) is 0 Å². The normalized spacial score (nSPS) is 8.40. The first kappa shape index (κ1) is 4.88. The maximum atomic E-state index is 2.66. The van der Waals surface area contributed by atoms with Crippen LogP contribution in [-0.4, -0.2) is 14.1 Å². The minimum atomic E-state index is 1.79. The van der Waals surface area contributed by atoms with E-state index in [2.05, 4.69) is 16.4 Å².